The number of fused-ring (bicyclic) bond motifs is 7. The van der Waals surface area contributed by atoms with E-state index in [0.717, 1.165) is 41.8 Å². The van der Waals surface area contributed by atoms with Gasteiger partial charge in [0.2, 0.25) is 0 Å². The maximum atomic E-state index is 6.70. The van der Waals surface area contributed by atoms with Crippen molar-refractivity contribution >= 4 is 21.5 Å². The first-order chi connectivity index (χ1) is 16.8. The van der Waals surface area contributed by atoms with Crippen LogP contribution in [0.25, 0.3) is 32.7 Å². The molecule has 2 nitrogen and oxygen atoms in total. The van der Waals surface area contributed by atoms with Gasteiger partial charge in [0.05, 0.1) is 13.2 Å². The quantitative estimate of drug-likeness (QED) is 0.311. The summed E-state index contributed by atoms with van der Waals surface area (Å²) in [5.41, 5.74) is 2.33. The van der Waals surface area contributed by atoms with E-state index < -0.39 is 0 Å². The molecule has 2 heteroatoms. The average Bonchev–Trinajstić information content (AvgIpc) is 2.97. The predicted octanol–water partition coefficient (Wildman–Crippen LogP) is 8.65. The number of rotatable bonds is 3. The van der Waals surface area contributed by atoms with Gasteiger partial charge in [-0.3, -0.25) is 0 Å². The Labute approximate surface area is 202 Å². The van der Waals surface area contributed by atoms with Crippen LogP contribution in [0.15, 0.2) is 72.8 Å². The third-order valence-corrected chi connectivity index (χ3v) is 8.12. The van der Waals surface area contributed by atoms with E-state index in [9.17, 15) is 0 Å². The molecule has 0 saturated heterocycles. The monoisotopic (exact) mass is 450 g/mol. The van der Waals surface area contributed by atoms with Crippen molar-refractivity contribution in [1.82, 2.24) is 0 Å². The first-order valence-corrected chi connectivity index (χ1v) is 13.1. The first-order valence-electron chi connectivity index (χ1n) is 13.1. The van der Waals surface area contributed by atoms with Gasteiger partial charge in [0.15, 0.2) is 0 Å². The minimum atomic E-state index is 0.413. The predicted molar refractivity (Wildman–Crippen MR) is 142 cm³/mol. The summed E-state index contributed by atoms with van der Waals surface area (Å²) >= 11 is 0. The first kappa shape index (κ1) is 21.5. The lowest BCUT2D eigenvalue weighted by Crippen LogP contribution is -2.31. The molecule has 0 amide bonds. The lowest BCUT2D eigenvalue weighted by molar-refractivity contribution is 0.0933. The van der Waals surface area contributed by atoms with Crippen LogP contribution in [-0.2, 0) is 0 Å². The van der Waals surface area contributed by atoms with E-state index in [-0.39, 0.29) is 0 Å². The van der Waals surface area contributed by atoms with Crippen LogP contribution in [0.5, 0.6) is 11.5 Å². The second-order valence-electron chi connectivity index (χ2n) is 10.3. The molecule has 0 N–H and O–H groups in total. The lowest BCUT2D eigenvalue weighted by atomic mass is 9.74. The van der Waals surface area contributed by atoms with E-state index in [2.05, 4.69) is 79.7 Å². The Hall–Kier alpha value is -3.00. The van der Waals surface area contributed by atoms with Crippen molar-refractivity contribution in [2.24, 2.45) is 17.8 Å². The second kappa shape index (κ2) is 9.33. The molecule has 1 saturated carbocycles. The summed E-state index contributed by atoms with van der Waals surface area (Å²) in [5.74, 6) is 3.91. The molecule has 0 radical (unpaired) electrons. The Morgan fingerprint density at radius 1 is 0.676 bits per heavy atom. The highest BCUT2D eigenvalue weighted by Gasteiger charge is 2.31. The Bertz CT molecular complexity index is 1220. The van der Waals surface area contributed by atoms with Gasteiger partial charge in [0.25, 0.3) is 0 Å². The Morgan fingerprint density at radius 3 is 1.85 bits per heavy atom. The standard InChI is InChI=1S/C32H34O2/c1-2-8-22-9-7-12-25(19-22)26-20-33-29-17-15-23-10-3-5-13-27(23)31(29)32-28-14-6-4-11-24(28)16-18-30(32)34-21-26/h3-6,10-11,13-18,22,25-26H,2,7-9,12,19-21H2,1H3. The van der Waals surface area contributed by atoms with Crippen LogP contribution in [-0.4, -0.2) is 13.2 Å². The molecule has 1 fully saturated rings. The maximum Gasteiger partial charge on any atom is 0.127 e. The zero-order valence-electron chi connectivity index (χ0n) is 20.1. The van der Waals surface area contributed by atoms with E-state index >= 15 is 0 Å². The minimum Gasteiger partial charge on any atom is -0.492 e. The van der Waals surface area contributed by atoms with E-state index in [1.54, 1.807) is 0 Å². The third-order valence-electron chi connectivity index (χ3n) is 8.12. The molecule has 6 rings (SSSR count). The van der Waals surface area contributed by atoms with Crippen LogP contribution < -0.4 is 9.47 Å². The van der Waals surface area contributed by atoms with Gasteiger partial charge < -0.3 is 9.47 Å². The molecule has 1 aliphatic carbocycles. The molecule has 174 valence electrons. The zero-order valence-corrected chi connectivity index (χ0v) is 20.1. The molecule has 4 aromatic carbocycles. The Morgan fingerprint density at radius 2 is 1.26 bits per heavy atom. The highest BCUT2D eigenvalue weighted by molar-refractivity contribution is 6.09. The minimum absolute atomic E-state index is 0.413. The van der Waals surface area contributed by atoms with Crippen LogP contribution in [0.3, 0.4) is 0 Å². The fraction of sp³-hybridized carbons (Fsp3) is 0.375. The van der Waals surface area contributed by atoms with Crippen molar-refractivity contribution in [3.8, 4) is 22.6 Å². The van der Waals surface area contributed by atoms with Gasteiger partial charge in [0.1, 0.15) is 11.5 Å². The van der Waals surface area contributed by atoms with Crippen molar-refractivity contribution in [3.05, 3.63) is 72.8 Å². The van der Waals surface area contributed by atoms with Gasteiger partial charge in [-0.1, -0.05) is 93.3 Å². The average molecular weight is 451 g/mol. The van der Waals surface area contributed by atoms with Gasteiger partial charge in [-0.25, -0.2) is 0 Å². The molecule has 2 unspecified atom stereocenters. The molecule has 0 bridgehead atoms. The van der Waals surface area contributed by atoms with Gasteiger partial charge in [-0.05, 0) is 58.4 Å². The van der Waals surface area contributed by atoms with E-state index in [0.29, 0.717) is 11.8 Å². The second-order valence-corrected chi connectivity index (χ2v) is 10.3. The van der Waals surface area contributed by atoms with E-state index in [4.69, 9.17) is 9.47 Å². The number of hydrogen-bond donors (Lipinski definition) is 0. The van der Waals surface area contributed by atoms with Crippen molar-refractivity contribution in [2.75, 3.05) is 13.2 Å². The maximum absolute atomic E-state index is 6.70. The highest BCUT2D eigenvalue weighted by Crippen LogP contribution is 2.47. The molecular formula is C32H34O2. The summed E-state index contributed by atoms with van der Waals surface area (Å²) in [7, 11) is 0. The van der Waals surface area contributed by atoms with Crippen molar-refractivity contribution in [3.63, 3.8) is 0 Å². The Kier molecular flexibility index (Phi) is 5.91. The number of ether oxygens (including phenoxy) is 2. The number of hydrogen-bond acceptors (Lipinski definition) is 2. The topological polar surface area (TPSA) is 18.5 Å². The van der Waals surface area contributed by atoms with Gasteiger partial charge in [-0.15, -0.1) is 0 Å². The molecule has 1 aliphatic heterocycles. The molecule has 34 heavy (non-hydrogen) atoms. The fourth-order valence-electron chi connectivity index (χ4n) is 6.40. The normalized spacial score (nSPS) is 21.0. The van der Waals surface area contributed by atoms with Gasteiger partial charge in [-0.2, -0.15) is 0 Å². The molecule has 0 spiro atoms. The van der Waals surface area contributed by atoms with Crippen LogP contribution in [0.1, 0.15) is 45.4 Å². The van der Waals surface area contributed by atoms with Crippen LogP contribution in [0.4, 0.5) is 0 Å². The van der Waals surface area contributed by atoms with Crippen LogP contribution in [0, 0.1) is 17.8 Å². The highest BCUT2D eigenvalue weighted by atomic mass is 16.5. The molecule has 2 atom stereocenters. The van der Waals surface area contributed by atoms with E-state index in [1.165, 1.54) is 60.1 Å². The van der Waals surface area contributed by atoms with Crippen LogP contribution in [0.2, 0.25) is 0 Å². The van der Waals surface area contributed by atoms with Crippen molar-refractivity contribution in [1.29, 1.82) is 0 Å². The summed E-state index contributed by atoms with van der Waals surface area (Å²) in [4.78, 5) is 0. The summed E-state index contributed by atoms with van der Waals surface area (Å²) in [6.07, 6.45) is 7.99. The molecular weight excluding hydrogens is 416 g/mol. The van der Waals surface area contributed by atoms with Gasteiger partial charge >= 0.3 is 0 Å². The summed E-state index contributed by atoms with van der Waals surface area (Å²) in [5, 5.41) is 4.91. The zero-order chi connectivity index (χ0) is 22.9. The fourth-order valence-corrected chi connectivity index (χ4v) is 6.40. The van der Waals surface area contributed by atoms with Crippen LogP contribution >= 0.6 is 0 Å². The summed E-state index contributed by atoms with van der Waals surface area (Å²) in [6.45, 7) is 3.76. The van der Waals surface area contributed by atoms with E-state index in [1.807, 2.05) is 0 Å². The summed E-state index contributed by atoms with van der Waals surface area (Å²) in [6, 6.07) is 26.0. The largest absolute Gasteiger partial charge is 0.492 e. The van der Waals surface area contributed by atoms with Gasteiger partial charge in [0, 0.05) is 17.0 Å². The summed E-state index contributed by atoms with van der Waals surface area (Å²) < 4.78 is 13.4. The molecule has 2 aliphatic rings. The Balaban J connectivity index is 1.48. The lowest BCUT2D eigenvalue weighted by Gasteiger charge is -2.34. The molecule has 1 heterocycles. The molecule has 4 aromatic rings. The smallest absolute Gasteiger partial charge is 0.127 e. The SMILES string of the molecule is CCCC1CCCC(C2COc3ccc4ccccc4c3-c3c(ccc4ccccc34)OC2)C1. The van der Waals surface area contributed by atoms with Crippen molar-refractivity contribution < 1.29 is 9.47 Å². The molecule has 0 aromatic heterocycles. The van der Waals surface area contributed by atoms with Crippen molar-refractivity contribution in [2.45, 2.75) is 45.4 Å². The third kappa shape index (κ3) is 3.94. The number of benzene rings is 4.